The third kappa shape index (κ3) is 4.20. The van der Waals surface area contributed by atoms with Gasteiger partial charge in [-0.05, 0) is 76.5 Å². The average molecular weight is 464 g/mol. The number of hydrogen-bond donors (Lipinski definition) is 4. The summed E-state index contributed by atoms with van der Waals surface area (Å²) in [5, 5.41) is 10.2. The van der Waals surface area contributed by atoms with Crippen LogP contribution < -0.4 is 17.0 Å². The highest BCUT2D eigenvalue weighted by atomic mass is 19.4. The van der Waals surface area contributed by atoms with Crippen molar-refractivity contribution in [3.8, 4) is 11.1 Å². The summed E-state index contributed by atoms with van der Waals surface area (Å²) < 4.78 is 39.1. The molecule has 0 saturated carbocycles. The van der Waals surface area contributed by atoms with Gasteiger partial charge in [-0.25, -0.2) is 0 Å². The minimum Gasteiger partial charge on any atom is -0.404 e. The van der Waals surface area contributed by atoms with Gasteiger partial charge in [0, 0.05) is 29.7 Å². The monoisotopic (exact) mass is 464 g/mol. The number of nitrogens with one attached hydrogen (secondary N) is 2. The predicted molar refractivity (Wildman–Crippen MR) is 131 cm³/mol. The second-order valence-corrected chi connectivity index (χ2v) is 7.98. The van der Waals surface area contributed by atoms with Crippen LogP contribution in [0.5, 0.6) is 0 Å². The first-order chi connectivity index (χ1) is 16.3. The lowest BCUT2D eigenvalue weighted by molar-refractivity contribution is -0.137. The zero-order valence-electron chi connectivity index (χ0n) is 18.2. The van der Waals surface area contributed by atoms with Crippen LogP contribution >= 0.6 is 0 Å². The maximum Gasteiger partial charge on any atom is 0.416 e. The van der Waals surface area contributed by atoms with E-state index >= 15 is 0 Å². The highest BCUT2D eigenvalue weighted by Crippen LogP contribution is 2.36. The minimum absolute atomic E-state index is 0.314. The standard InChI is InChI=1S/C26H23F3N4O/c27-26(28,29)19-6-3-15(4-7-19)23-14-33-25(34)24-21-10-16(18(12-31)13-32)5-8-20(21)17(2-1-9-30)11-22(23)24/h3-8,10-14,31H,1-2,9,30,32H2,(H,33,34)/b18-13+,31-12?. The van der Waals surface area contributed by atoms with E-state index in [1.54, 1.807) is 0 Å². The van der Waals surface area contributed by atoms with Crippen LogP contribution in [0.15, 0.2) is 65.7 Å². The number of aryl methyl sites for hydroxylation is 1. The Labute approximate surface area is 193 Å². The molecule has 6 N–H and O–H groups in total. The Hall–Kier alpha value is -3.91. The molecule has 1 heterocycles. The Bertz CT molecular complexity index is 1470. The summed E-state index contributed by atoms with van der Waals surface area (Å²) in [7, 11) is 0. The number of aromatic amines is 1. The summed E-state index contributed by atoms with van der Waals surface area (Å²) in [4.78, 5) is 15.7. The van der Waals surface area contributed by atoms with Gasteiger partial charge < -0.3 is 21.9 Å². The second kappa shape index (κ2) is 9.15. The zero-order valence-corrected chi connectivity index (χ0v) is 18.2. The topological polar surface area (TPSA) is 109 Å². The summed E-state index contributed by atoms with van der Waals surface area (Å²) in [5.41, 5.74) is 13.7. The number of hydrogen-bond acceptors (Lipinski definition) is 4. The zero-order chi connectivity index (χ0) is 24.5. The summed E-state index contributed by atoms with van der Waals surface area (Å²) >= 11 is 0. The lowest BCUT2D eigenvalue weighted by Crippen LogP contribution is -2.09. The van der Waals surface area contributed by atoms with Gasteiger partial charge in [-0.3, -0.25) is 4.79 Å². The van der Waals surface area contributed by atoms with Crippen molar-refractivity contribution >= 4 is 33.3 Å². The molecule has 4 rings (SSSR count). The Morgan fingerprint density at radius 1 is 1.03 bits per heavy atom. The van der Waals surface area contributed by atoms with Crippen LogP contribution in [0.3, 0.4) is 0 Å². The molecule has 0 saturated heterocycles. The number of H-pyrrole nitrogens is 1. The van der Waals surface area contributed by atoms with E-state index in [1.807, 2.05) is 24.3 Å². The molecule has 4 aromatic rings. The molecule has 0 amide bonds. The number of rotatable bonds is 6. The highest BCUT2D eigenvalue weighted by Gasteiger charge is 2.30. The van der Waals surface area contributed by atoms with Gasteiger partial charge >= 0.3 is 6.18 Å². The summed E-state index contributed by atoms with van der Waals surface area (Å²) in [6.45, 7) is 0.493. The molecule has 0 aliphatic rings. The summed E-state index contributed by atoms with van der Waals surface area (Å²) in [6.07, 6.45) is 0.961. The van der Waals surface area contributed by atoms with Crippen molar-refractivity contribution in [1.82, 2.24) is 4.98 Å². The molecular formula is C26H23F3N4O. The third-order valence-electron chi connectivity index (χ3n) is 5.93. The molecule has 0 fully saturated rings. The summed E-state index contributed by atoms with van der Waals surface area (Å²) in [6, 6.07) is 12.3. The van der Waals surface area contributed by atoms with Gasteiger partial charge in [0.15, 0.2) is 0 Å². The van der Waals surface area contributed by atoms with Crippen molar-refractivity contribution in [2.75, 3.05) is 6.54 Å². The fourth-order valence-electron chi connectivity index (χ4n) is 4.23. The number of aromatic nitrogens is 1. The molecule has 0 bridgehead atoms. The smallest absolute Gasteiger partial charge is 0.404 e. The molecule has 8 heteroatoms. The molecule has 0 aliphatic heterocycles. The fraction of sp³-hybridized carbons (Fsp3) is 0.154. The largest absolute Gasteiger partial charge is 0.416 e. The van der Waals surface area contributed by atoms with Crippen molar-refractivity contribution in [3.05, 3.63) is 88.0 Å². The maximum atomic E-state index is 13.0. The van der Waals surface area contributed by atoms with E-state index in [0.29, 0.717) is 51.4 Å². The van der Waals surface area contributed by atoms with E-state index < -0.39 is 11.7 Å². The molecule has 0 unspecified atom stereocenters. The molecule has 1 aromatic heterocycles. The molecule has 0 atom stereocenters. The molecule has 34 heavy (non-hydrogen) atoms. The number of allylic oxidation sites excluding steroid dienone is 1. The van der Waals surface area contributed by atoms with Crippen molar-refractivity contribution in [2.45, 2.75) is 19.0 Å². The highest BCUT2D eigenvalue weighted by molar-refractivity contribution is 6.15. The fourth-order valence-corrected chi connectivity index (χ4v) is 4.23. The van der Waals surface area contributed by atoms with Gasteiger partial charge in [-0.2, -0.15) is 13.2 Å². The quantitative estimate of drug-likeness (QED) is 0.232. The SMILES string of the molecule is N=C/C(=C\N)c1ccc2c(CCCN)cc3c(-c4ccc(C(F)(F)F)cc4)c[nH]c(=O)c3c2c1. The van der Waals surface area contributed by atoms with Crippen LogP contribution in [-0.4, -0.2) is 17.7 Å². The van der Waals surface area contributed by atoms with Gasteiger partial charge in [-0.15, -0.1) is 0 Å². The van der Waals surface area contributed by atoms with E-state index in [-0.39, 0.29) is 5.56 Å². The third-order valence-corrected chi connectivity index (χ3v) is 5.93. The average Bonchev–Trinajstić information content (AvgIpc) is 2.83. The van der Waals surface area contributed by atoms with E-state index in [1.165, 1.54) is 24.5 Å². The van der Waals surface area contributed by atoms with E-state index in [2.05, 4.69) is 4.98 Å². The Morgan fingerprint density at radius 3 is 2.38 bits per heavy atom. The minimum atomic E-state index is -4.43. The molecule has 0 radical (unpaired) electrons. The Kier molecular flexibility index (Phi) is 6.26. The van der Waals surface area contributed by atoms with Crippen molar-refractivity contribution < 1.29 is 13.2 Å². The molecule has 3 aromatic carbocycles. The predicted octanol–water partition coefficient (Wildman–Crippen LogP) is 5.21. The van der Waals surface area contributed by atoms with E-state index in [4.69, 9.17) is 16.9 Å². The van der Waals surface area contributed by atoms with Gasteiger partial charge in [-0.1, -0.05) is 24.3 Å². The van der Waals surface area contributed by atoms with Gasteiger partial charge in [0.25, 0.3) is 5.56 Å². The number of benzene rings is 3. The first kappa shape index (κ1) is 23.3. The van der Waals surface area contributed by atoms with Gasteiger partial charge in [0.1, 0.15) is 0 Å². The molecule has 0 spiro atoms. The van der Waals surface area contributed by atoms with Crippen LogP contribution in [0, 0.1) is 5.41 Å². The van der Waals surface area contributed by atoms with Crippen molar-refractivity contribution in [1.29, 1.82) is 5.41 Å². The van der Waals surface area contributed by atoms with Crippen LogP contribution in [0.25, 0.3) is 38.2 Å². The normalized spacial score (nSPS) is 12.4. The van der Waals surface area contributed by atoms with Crippen LogP contribution in [0.2, 0.25) is 0 Å². The Balaban J connectivity index is 2.05. The first-order valence-corrected chi connectivity index (χ1v) is 10.7. The number of nitrogens with two attached hydrogens (primary N) is 2. The van der Waals surface area contributed by atoms with Crippen molar-refractivity contribution in [3.63, 3.8) is 0 Å². The van der Waals surface area contributed by atoms with Crippen LogP contribution in [-0.2, 0) is 12.6 Å². The van der Waals surface area contributed by atoms with Crippen LogP contribution in [0.4, 0.5) is 13.2 Å². The molecule has 174 valence electrons. The van der Waals surface area contributed by atoms with Gasteiger partial charge in [0.2, 0.25) is 0 Å². The lowest BCUT2D eigenvalue weighted by atomic mass is 9.90. The maximum absolute atomic E-state index is 13.0. The number of alkyl halides is 3. The van der Waals surface area contributed by atoms with Crippen LogP contribution in [0.1, 0.15) is 23.1 Å². The van der Waals surface area contributed by atoms with Crippen molar-refractivity contribution in [2.24, 2.45) is 11.5 Å². The van der Waals surface area contributed by atoms with E-state index in [0.717, 1.165) is 35.7 Å². The Morgan fingerprint density at radius 2 is 1.76 bits per heavy atom. The van der Waals surface area contributed by atoms with E-state index in [9.17, 15) is 18.0 Å². The number of fused-ring (bicyclic) bond motifs is 3. The number of pyridine rings is 1. The second-order valence-electron chi connectivity index (χ2n) is 7.98. The summed E-state index contributed by atoms with van der Waals surface area (Å²) in [5.74, 6) is 0. The number of halogens is 3. The molecule has 5 nitrogen and oxygen atoms in total. The first-order valence-electron chi connectivity index (χ1n) is 10.7. The lowest BCUT2D eigenvalue weighted by Gasteiger charge is -2.15. The molecule has 0 aliphatic carbocycles. The van der Waals surface area contributed by atoms with Gasteiger partial charge in [0.05, 0.1) is 10.9 Å². The molecular weight excluding hydrogens is 441 g/mol.